The highest BCUT2D eigenvalue weighted by molar-refractivity contribution is 5.77. The van der Waals surface area contributed by atoms with Gasteiger partial charge in [0.25, 0.3) is 0 Å². The van der Waals surface area contributed by atoms with Crippen molar-refractivity contribution < 1.29 is 14.3 Å². The van der Waals surface area contributed by atoms with Gasteiger partial charge in [-0.1, -0.05) is 37.3 Å². The van der Waals surface area contributed by atoms with Gasteiger partial charge in [-0.05, 0) is 18.9 Å². The lowest BCUT2D eigenvalue weighted by Crippen LogP contribution is -2.40. The van der Waals surface area contributed by atoms with Gasteiger partial charge in [0.05, 0.1) is 13.2 Å². The van der Waals surface area contributed by atoms with Crippen LogP contribution >= 0.6 is 0 Å². The zero-order chi connectivity index (χ0) is 14.1. The third-order valence-corrected chi connectivity index (χ3v) is 2.92. The topological polar surface area (TPSA) is 47.6 Å². The fourth-order valence-electron chi connectivity index (χ4n) is 1.89. The predicted octanol–water partition coefficient (Wildman–Crippen LogP) is 2.31. The molecule has 0 heterocycles. The highest BCUT2D eigenvalue weighted by atomic mass is 16.5. The molecule has 4 nitrogen and oxygen atoms in total. The highest BCUT2D eigenvalue weighted by Crippen LogP contribution is 2.16. The molecule has 0 bridgehead atoms. The molecule has 0 saturated heterocycles. The van der Waals surface area contributed by atoms with Gasteiger partial charge in [0.1, 0.15) is 6.04 Å². The molecule has 0 aliphatic carbocycles. The Morgan fingerprint density at radius 1 is 1.26 bits per heavy atom. The van der Waals surface area contributed by atoms with Gasteiger partial charge in [0.2, 0.25) is 0 Å². The summed E-state index contributed by atoms with van der Waals surface area (Å²) in [6.45, 7) is 4.82. The molecular formula is C15H23NO3. The van der Waals surface area contributed by atoms with Crippen LogP contribution in [-0.4, -0.2) is 32.3 Å². The van der Waals surface area contributed by atoms with Crippen molar-refractivity contribution in [1.82, 2.24) is 5.32 Å². The van der Waals surface area contributed by atoms with E-state index in [0.29, 0.717) is 13.2 Å². The Bertz CT molecular complexity index is 367. The summed E-state index contributed by atoms with van der Waals surface area (Å²) in [5, 5.41) is 3.31. The van der Waals surface area contributed by atoms with E-state index in [1.54, 1.807) is 7.11 Å². The minimum Gasteiger partial charge on any atom is -0.465 e. The van der Waals surface area contributed by atoms with E-state index in [1.165, 1.54) is 0 Å². The number of rotatable bonds is 8. The van der Waals surface area contributed by atoms with Crippen LogP contribution < -0.4 is 5.32 Å². The first-order chi connectivity index (χ1) is 9.22. The maximum atomic E-state index is 12.1. The first-order valence-electron chi connectivity index (χ1n) is 6.69. The minimum absolute atomic E-state index is 0.125. The Labute approximate surface area is 115 Å². The van der Waals surface area contributed by atoms with E-state index in [0.717, 1.165) is 12.0 Å². The van der Waals surface area contributed by atoms with E-state index in [2.05, 4.69) is 12.2 Å². The summed E-state index contributed by atoms with van der Waals surface area (Å²) in [6, 6.07) is 9.29. The number of methoxy groups -OCH3 is 1. The van der Waals surface area contributed by atoms with Gasteiger partial charge in [0.15, 0.2) is 0 Å². The largest absolute Gasteiger partial charge is 0.465 e. The summed E-state index contributed by atoms with van der Waals surface area (Å²) >= 11 is 0. The van der Waals surface area contributed by atoms with Crippen molar-refractivity contribution in [2.75, 3.05) is 20.3 Å². The fraction of sp³-hybridized carbons (Fsp3) is 0.533. The van der Waals surface area contributed by atoms with Gasteiger partial charge >= 0.3 is 5.97 Å². The lowest BCUT2D eigenvalue weighted by atomic mass is 10.1. The van der Waals surface area contributed by atoms with Crippen LogP contribution in [-0.2, 0) is 14.3 Å². The molecule has 0 fully saturated rings. The van der Waals surface area contributed by atoms with Gasteiger partial charge in [-0.25, -0.2) is 4.79 Å². The molecular weight excluding hydrogens is 242 g/mol. The second-order valence-electron chi connectivity index (χ2n) is 4.32. The van der Waals surface area contributed by atoms with Gasteiger partial charge in [-0.15, -0.1) is 0 Å². The smallest absolute Gasteiger partial charge is 0.327 e. The maximum Gasteiger partial charge on any atom is 0.327 e. The average molecular weight is 265 g/mol. The summed E-state index contributed by atoms with van der Waals surface area (Å²) < 4.78 is 10.3. The molecule has 1 aromatic rings. The summed E-state index contributed by atoms with van der Waals surface area (Å²) in [4.78, 5) is 12.1. The first-order valence-corrected chi connectivity index (χ1v) is 6.69. The van der Waals surface area contributed by atoms with E-state index in [-0.39, 0.29) is 12.0 Å². The molecule has 1 rings (SSSR count). The fourth-order valence-corrected chi connectivity index (χ4v) is 1.89. The van der Waals surface area contributed by atoms with Crippen molar-refractivity contribution in [3.05, 3.63) is 35.9 Å². The Kier molecular flexibility index (Phi) is 7.15. The first kappa shape index (κ1) is 15.7. The molecule has 0 saturated carbocycles. The van der Waals surface area contributed by atoms with Crippen LogP contribution in [0.1, 0.15) is 31.9 Å². The number of nitrogens with one attached hydrogen (secondary N) is 1. The standard InChI is InChI=1S/C15H23NO3/c1-4-13(11-18-3)16-14(15(17)19-5-2)12-9-7-6-8-10-12/h6-10,13-14,16H,4-5,11H2,1-3H3. The van der Waals surface area contributed by atoms with E-state index in [9.17, 15) is 4.79 Å². The van der Waals surface area contributed by atoms with E-state index < -0.39 is 6.04 Å². The van der Waals surface area contributed by atoms with Gasteiger partial charge < -0.3 is 9.47 Å². The van der Waals surface area contributed by atoms with Crippen LogP contribution in [0, 0.1) is 0 Å². The number of carbonyl (C=O) groups is 1. The number of hydrogen-bond donors (Lipinski definition) is 1. The lowest BCUT2D eigenvalue weighted by molar-refractivity contribution is -0.146. The third kappa shape index (κ3) is 5.01. The van der Waals surface area contributed by atoms with Crippen molar-refractivity contribution in [1.29, 1.82) is 0 Å². The predicted molar refractivity (Wildman–Crippen MR) is 74.9 cm³/mol. The molecule has 0 aromatic heterocycles. The molecule has 1 N–H and O–H groups in total. The Hall–Kier alpha value is -1.39. The molecule has 19 heavy (non-hydrogen) atoms. The van der Waals surface area contributed by atoms with E-state index >= 15 is 0 Å². The maximum absolute atomic E-state index is 12.1. The molecule has 106 valence electrons. The Morgan fingerprint density at radius 3 is 2.47 bits per heavy atom. The number of benzene rings is 1. The second-order valence-corrected chi connectivity index (χ2v) is 4.32. The Morgan fingerprint density at radius 2 is 1.95 bits per heavy atom. The number of esters is 1. The zero-order valence-electron chi connectivity index (χ0n) is 11.9. The molecule has 2 atom stereocenters. The number of hydrogen-bond acceptors (Lipinski definition) is 4. The van der Waals surface area contributed by atoms with Crippen molar-refractivity contribution in [2.24, 2.45) is 0 Å². The summed E-state index contributed by atoms with van der Waals surface area (Å²) in [5.41, 5.74) is 0.913. The van der Waals surface area contributed by atoms with Crippen LogP contribution in [0.2, 0.25) is 0 Å². The number of ether oxygens (including phenoxy) is 2. The third-order valence-electron chi connectivity index (χ3n) is 2.92. The van der Waals surface area contributed by atoms with Crippen molar-refractivity contribution in [2.45, 2.75) is 32.4 Å². The highest BCUT2D eigenvalue weighted by Gasteiger charge is 2.24. The van der Waals surface area contributed by atoms with Crippen LogP contribution in [0.15, 0.2) is 30.3 Å². The van der Waals surface area contributed by atoms with Crippen molar-refractivity contribution >= 4 is 5.97 Å². The quantitative estimate of drug-likeness (QED) is 0.733. The molecule has 0 aliphatic heterocycles. The van der Waals surface area contributed by atoms with Crippen LogP contribution in [0.3, 0.4) is 0 Å². The van der Waals surface area contributed by atoms with E-state index in [4.69, 9.17) is 9.47 Å². The van der Waals surface area contributed by atoms with Crippen molar-refractivity contribution in [3.8, 4) is 0 Å². The van der Waals surface area contributed by atoms with Gasteiger partial charge in [-0.3, -0.25) is 5.32 Å². The molecule has 0 radical (unpaired) electrons. The van der Waals surface area contributed by atoms with Gasteiger partial charge in [0, 0.05) is 13.2 Å². The molecule has 0 amide bonds. The monoisotopic (exact) mass is 265 g/mol. The summed E-state index contributed by atoms with van der Waals surface area (Å²) in [7, 11) is 1.66. The summed E-state index contributed by atoms with van der Waals surface area (Å²) in [6.07, 6.45) is 0.885. The Balaban J connectivity index is 2.83. The molecule has 4 heteroatoms. The number of carbonyl (C=O) groups excluding carboxylic acids is 1. The van der Waals surface area contributed by atoms with Gasteiger partial charge in [-0.2, -0.15) is 0 Å². The molecule has 0 spiro atoms. The lowest BCUT2D eigenvalue weighted by Gasteiger charge is -2.23. The second kappa shape index (κ2) is 8.67. The van der Waals surface area contributed by atoms with E-state index in [1.807, 2.05) is 37.3 Å². The molecule has 1 aromatic carbocycles. The zero-order valence-corrected chi connectivity index (χ0v) is 11.9. The summed E-state index contributed by atoms with van der Waals surface area (Å²) in [5.74, 6) is -0.247. The van der Waals surface area contributed by atoms with Crippen LogP contribution in [0.5, 0.6) is 0 Å². The molecule has 2 unspecified atom stereocenters. The normalized spacial score (nSPS) is 13.8. The average Bonchev–Trinajstić information content (AvgIpc) is 2.44. The van der Waals surface area contributed by atoms with Crippen LogP contribution in [0.25, 0.3) is 0 Å². The minimum atomic E-state index is -0.443. The molecule has 0 aliphatic rings. The van der Waals surface area contributed by atoms with Crippen LogP contribution in [0.4, 0.5) is 0 Å². The van der Waals surface area contributed by atoms with Crippen molar-refractivity contribution in [3.63, 3.8) is 0 Å². The SMILES string of the molecule is CCOC(=O)C(NC(CC)COC)c1ccccc1.